The number of para-hydroxylation sites is 1. The number of β-amino-alcohol motifs (C(OH)–C–C–N with tert-alkyl or cyclic N) is 1. The van der Waals surface area contributed by atoms with E-state index in [0.717, 1.165) is 11.8 Å². The number of anilines is 2. The number of aliphatic hydroxyl groups excluding tert-OH is 1. The van der Waals surface area contributed by atoms with Crippen LogP contribution in [0, 0.1) is 21.0 Å². The van der Waals surface area contributed by atoms with Gasteiger partial charge in [0.05, 0.1) is 11.4 Å². The highest BCUT2D eigenvalue weighted by Crippen LogP contribution is 2.36. The lowest BCUT2D eigenvalue weighted by molar-refractivity contribution is -0.160. The van der Waals surface area contributed by atoms with E-state index in [2.05, 4.69) is 10.6 Å². The molecule has 1 atom stereocenters. The van der Waals surface area contributed by atoms with Crippen LogP contribution < -0.4 is 15.4 Å². The van der Waals surface area contributed by atoms with E-state index in [1.54, 1.807) is 6.07 Å². The van der Waals surface area contributed by atoms with Crippen molar-refractivity contribution in [3.05, 3.63) is 87.2 Å². The molecule has 4 N–H and O–H groups in total. The third kappa shape index (κ3) is 6.25. The summed E-state index contributed by atoms with van der Waals surface area (Å²) in [5.74, 6) is -2.24. The zero-order valence-corrected chi connectivity index (χ0v) is 20.8. The zero-order valence-electron chi connectivity index (χ0n) is 18.6. The summed E-state index contributed by atoms with van der Waals surface area (Å²) in [6.07, 6.45) is -1.33. The van der Waals surface area contributed by atoms with Gasteiger partial charge in [0, 0.05) is 35.3 Å². The lowest BCUT2D eigenvalue weighted by Gasteiger charge is -2.49. The summed E-state index contributed by atoms with van der Waals surface area (Å²) < 4.78 is 49.2. The lowest BCUT2D eigenvalue weighted by atomic mass is 9.92. The van der Waals surface area contributed by atoms with Gasteiger partial charge in [-0.05, 0) is 65.1 Å². The first kappa shape index (κ1) is 25.7. The van der Waals surface area contributed by atoms with Gasteiger partial charge >= 0.3 is 0 Å². The first-order valence-electron chi connectivity index (χ1n) is 11.0. The van der Waals surface area contributed by atoms with Crippen LogP contribution in [-0.2, 0) is 0 Å². The Morgan fingerprint density at radius 3 is 2.49 bits per heavy atom. The average molecular weight is 599 g/mol. The normalized spacial score (nSPS) is 15.9. The Hall–Kier alpha value is -2.38. The molecule has 1 heterocycles. The summed E-state index contributed by atoms with van der Waals surface area (Å²) in [6.45, 7) is 1.42. The van der Waals surface area contributed by atoms with E-state index < -0.39 is 29.3 Å². The molecule has 35 heavy (non-hydrogen) atoms. The monoisotopic (exact) mass is 599 g/mol. The molecule has 0 spiro atoms. The van der Waals surface area contributed by atoms with E-state index in [0.29, 0.717) is 16.7 Å². The molecule has 6 nitrogen and oxygen atoms in total. The van der Waals surface area contributed by atoms with Gasteiger partial charge in [-0.25, -0.2) is 13.2 Å². The number of aliphatic hydroxyl groups is 2. The van der Waals surface area contributed by atoms with Crippen LogP contribution in [0.1, 0.15) is 11.8 Å². The zero-order chi connectivity index (χ0) is 25.0. The van der Waals surface area contributed by atoms with Gasteiger partial charge in [0.25, 0.3) is 0 Å². The molecule has 3 aromatic carbocycles. The number of nitrogens with zero attached hydrogens (tertiary/aromatic N) is 1. The fourth-order valence-corrected chi connectivity index (χ4v) is 4.36. The fraction of sp³-hybridized carbons (Fsp3) is 0.280. The SMILES string of the molecule is OC(c1ccc(F)c(F)c1Nc1ccc(I)cc1F)N1CC(O)(CNCCOc2ccccc2)C1. The van der Waals surface area contributed by atoms with Crippen molar-refractivity contribution in [2.45, 2.75) is 11.8 Å². The molecule has 0 amide bonds. The smallest absolute Gasteiger partial charge is 0.182 e. The molecule has 0 aromatic heterocycles. The Kier molecular flexibility index (Phi) is 8.17. The standard InChI is InChI=1S/C25H25F3IN3O3/c26-19-8-7-18(23(22(19)28)31-21-9-6-16(29)12-20(21)27)24(33)32-14-25(34,15-32)13-30-10-11-35-17-4-2-1-3-5-17/h1-9,12,24,30-31,33-34H,10-11,13-15H2. The minimum atomic E-state index is -1.33. The van der Waals surface area contributed by atoms with Gasteiger partial charge in [-0.1, -0.05) is 18.2 Å². The van der Waals surface area contributed by atoms with Gasteiger partial charge in [-0.3, -0.25) is 4.90 Å². The molecule has 186 valence electrons. The summed E-state index contributed by atoms with van der Waals surface area (Å²) in [5, 5.41) is 27.2. The topological polar surface area (TPSA) is 77.0 Å². The van der Waals surface area contributed by atoms with Crippen molar-refractivity contribution in [1.82, 2.24) is 10.2 Å². The molecule has 3 aromatic rings. The van der Waals surface area contributed by atoms with E-state index in [1.165, 1.54) is 23.1 Å². The van der Waals surface area contributed by atoms with Crippen LogP contribution in [-0.4, -0.2) is 53.5 Å². The van der Waals surface area contributed by atoms with E-state index in [1.807, 2.05) is 52.9 Å². The first-order chi connectivity index (χ1) is 16.8. The molecular formula is C25H25F3IN3O3. The van der Waals surface area contributed by atoms with Gasteiger partial charge < -0.3 is 25.6 Å². The van der Waals surface area contributed by atoms with Gasteiger partial charge in [0.15, 0.2) is 11.6 Å². The number of nitrogens with one attached hydrogen (secondary N) is 2. The van der Waals surface area contributed by atoms with E-state index in [4.69, 9.17) is 4.74 Å². The third-order valence-electron chi connectivity index (χ3n) is 5.68. The number of hydrogen-bond donors (Lipinski definition) is 4. The summed E-state index contributed by atoms with van der Waals surface area (Å²) in [7, 11) is 0. The average Bonchev–Trinajstić information content (AvgIpc) is 2.82. The Balaban J connectivity index is 1.35. The predicted octanol–water partition coefficient (Wildman–Crippen LogP) is 4.16. The van der Waals surface area contributed by atoms with Crippen molar-refractivity contribution in [3.8, 4) is 5.75 Å². The fourth-order valence-electron chi connectivity index (χ4n) is 3.90. The molecular weight excluding hydrogens is 574 g/mol. The quantitative estimate of drug-likeness (QED) is 0.207. The van der Waals surface area contributed by atoms with E-state index in [9.17, 15) is 23.4 Å². The minimum absolute atomic E-state index is 0.0353. The molecule has 4 rings (SSSR count). The molecule has 0 radical (unpaired) electrons. The summed E-state index contributed by atoms with van der Waals surface area (Å²) in [6, 6.07) is 15.8. The third-order valence-corrected chi connectivity index (χ3v) is 6.35. The van der Waals surface area contributed by atoms with Crippen LogP contribution in [0.25, 0.3) is 0 Å². The Morgan fingerprint density at radius 2 is 1.77 bits per heavy atom. The van der Waals surface area contributed by atoms with Crippen molar-refractivity contribution in [1.29, 1.82) is 0 Å². The molecule has 1 saturated heterocycles. The summed E-state index contributed by atoms with van der Waals surface area (Å²) >= 11 is 1.94. The van der Waals surface area contributed by atoms with Gasteiger partial charge in [0.2, 0.25) is 0 Å². The van der Waals surface area contributed by atoms with Crippen molar-refractivity contribution in [3.63, 3.8) is 0 Å². The van der Waals surface area contributed by atoms with Crippen molar-refractivity contribution in [2.24, 2.45) is 0 Å². The Morgan fingerprint density at radius 1 is 1.03 bits per heavy atom. The maximum absolute atomic E-state index is 14.7. The van der Waals surface area contributed by atoms with Crippen LogP contribution in [0.2, 0.25) is 0 Å². The van der Waals surface area contributed by atoms with Crippen LogP contribution in [0.5, 0.6) is 5.75 Å². The number of hydrogen-bond acceptors (Lipinski definition) is 6. The number of rotatable bonds is 10. The van der Waals surface area contributed by atoms with Gasteiger partial charge in [0.1, 0.15) is 30.0 Å². The Labute approximate surface area is 214 Å². The Bertz CT molecular complexity index is 1160. The predicted molar refractivity (Wildman–Crippen MR) is 135 cm³/mol. The molecule has 0 saturated carbocycles. The number of halogens is 4. The van der Waals surface area contributed by atoms with Gasteiger partial charge in [-0.15, -0.1) is 0 Å². The highest BCUT2D eigenvalue weighted by Gasteiger charge is 2.44. The van der Waals surface area contributed by atoms with E-state index >= 15 is 0 Å². The summed E-state index contributed by atoms with van der Waals surface area (Å²) in [4.78, 5) is 1.52. The number of likely N-dealkylation sites (tertiary alicyclic amines) is 1. The second kappa shape index (κ2) is 11.1. The minimum Gasteiger partial charge on any atom is -0.492 e. The molecule has 0 bridgehead atoms. The van der Waals surface area contributed by atoms with Crippen LogP contribution >= 0.6 is 22.6 Å². The number of benzene rings is 3. The maximum Gasteiger partial charge on any atom is 0.182 e. The molecule has 1 aliphatic heterocycles. The van der Waals surface area contributed by atoms with Crippen molar-refractivity contribution in [2.75, 3.05) is 38.1 Å². The highest BCUT2D eigenvalue weighted by atomic mass is 127. The first-order valence-corrected chi connectivity index (χ1v) is 12.1. The molecule has 1 aliphatic rings. The molecule has 10 heteroatoms. The molecule has 0 aliphatic carbocycles. The molecule has 1 fully saturated rings. The molecule has 1 unspecified atom stereocenters. The van der Waals surface area contributed by atoms with Crippen molar-refractivity contribution < 1.29 is 28.1 Å². The largest absolute Gasteiger partial charge is 0.492 e. The second-order valence-electron chi connectivity index (χ2n) is 8.42. The van der Waals surface area contributed by atoms with Gasteiger partial charge in [-0.2, -0.15) is 0 Å². The maximum atomic E-state index is 14.7. The highest BCUT2D eigenvalue weighted by molar-refractivity contribution is 14.1. The van der Waals surface area contributed by atoms with Crippen LogP contribution in [0.4, 0.5) is 24.5 Å². The lowest BCUT2D eigenvalue weighted by Crippen LogP contribution is -2.66. The van der Waals surface area contributed by atoms with E-state index in [-0.39, 0.29) is 36.6 Å². The summed E-state index contributed by atoms with van der Waals surface area (Å²) in [5.41, 5.74) is -1.47. The second-order valence-corrected chi connectivity index (χ2v) is 9.66. The van der Waals surface area contributed by atoms with Crippen molar-refractivity contribution >= 4 is 34.0 Å². The number of ether oxygens (including phenoxy) is 1. The van der Waals surface area contributed by atoms with Crippen LogP contribution in [0.15, 0.2) is 60.7 Å². The van der Waals surface area contributed by atoms with Crippen LogP contribution in [0.3, 0.4) is 0 Å².